The number of hydrogen-bond acceptors (Lipinski definition) is 4. The van der Waals surface area contributed by atoms with Crippen molar-refractivity contribution in [2.45, 2.75) is 45.1 Å². The number of aromatic nitrogens is 2. The topological polar surface area (TPSA) is 61.0 Å². The highest BCUT2D eigenvalue weighted by atomic mass is 79.9. The van der Waals surface area contributed by atoms with Gasteiger partial charge in [-0.3, -0.25) is 0 Å². The standard InChI is InChI=1S/C12H18BrN3O/c1-3-8(17-4-2)12-15-10(7-5-6-7)9(13)11(14)16-12/h7-8H,3-6H2,1-2H3,(H2,14,15,16). The lowest BCUT2D eigenvalue weighted by Crippen LogP contribution is -2.11. The highest BCUT2D eigenvalue weighted by Crippen LogP contribution is 2.43. The number of ether oxygens (including phenoxy) is 1. The maximum atomic E-state index is 5.92. The van der Waals surface area contributed by atoms with Crippen LogP contribution in [0.5, 0.6) is 0 Å². The van der Waals surface area contributed by atoms with E-state index in [1.807, 2.05) is 6.92 Å². The van der Waals surface area contributed by atoms with Gasteiger partial charge in [0.1, 0.15) is 11.9 Å². The molecule has 5 heteroatoms. The quantitative estimate of drug-likeness (QED) is 0.907. The van der Waals surface area contributed by atoms with Crippen LogP contribution in [0.15, 0.2) is 4.47 Å². The molecule has 1 aliphatic rings. The first-order chi connectivity index (χ1) is 8.17. The predicted octanol–water partition coefficient (Wildman–Crippen LogP) is 3.19. The summed E-state index contributed by atoms with van der Waals surface area (Å²) >= 11 is 3.47. The second-order valence-corrected chi connectivity index (χ2v) is 5.09. The zero-order valence-electron chi connectivity index (χ0n) is 10.2. The lowest BCUT2D eigenvalue weighted by molar-refractivity contribution is 0.0534. The molecular weight excluding hydrogens is 282 g/mol. The smallest absolute Gasteiger partial charge is 0.159 e. The molecular formula is C12H18BrN3O. The van der Waals surface area contributed by atoms with Crippen LogP contribution in [0.1, 0.15) is 56.7 Å². The molecule has 0 aromatic carbocycles. The Morgan fingerprint density at radius 1 is 1.41 bits per heavy atom. The fourth-order valence-electron chi connectivity index (χ4n) is 1.85. The van der Waals surface area contributed by atoms with Crippen molar-refractivity contribution >= 4 is 21.7 Å². The molecule has 4 nitrogen and oxygen atoms in total. The number of hydrogen-bond donors (Lipinski definition) is 1. The van der Waals surface area contributed by atoms with Gasteiger partial charge in [0.2, 0.25) is 0 Å². The van der Waals surface area contributed by atoms with E-state index >= 15 is 0 Å². The van der Waals surface area contributed by atoms with E-state index in [1.54, 1.807) is 0 Å². The van der Waals surface area contributed by atoms with Gasteiger partial charge >= 0.3 is 0 Å². The zero-order chi connectivity index (χ0) is 12.4. The van der Waals surface area contributed by atoms with Crippen LogP contribution < -0.4 is 5.73 Å². The van der Waals surface area contributed by atoms with Crippen LogP contribution in [-0.2, 0) is 4.74 Å². The number of anilines is 1. The first-order valence-corrected chi connectivity index (χ1v) is 6.91. The van der Waals surface area contributed by atoms with Gasteiger partial charge in [-0.15, -0.1) is 0 Å². The molecule has 1 atom stereocenters. The molecule has 0 radical (unpaired) electrons. The van der Waals surface area contributed by atoms with E-state index in [0.717, 1.165) is 22.4 Å². The second-order valence-electron chi connectivity index (χ2n) is 4.29. The third-order valence-electron chi connectivity index (χ3n) is 2.91. The first kappa shape index (κ1) is 12.8. The number of nitrogen functional groups attached to an aromatic ring is 1. The van der Waals surface area contributed by atoms with Crippen LogP contribution in [0.25, 0.3) is 0 Å². The van der Waals surface area contributed by atoms with Crippen LogP contribution in [0, 0.1) is 0 Å². The Kier molecular flexibility index (Phi) is 3.99. The zero-order valence-corrected chi connectivity index (χ0v) is 11.8. The summed E-state index contributed by atoms with van der Waals surface area (Å²) in [5, 5.41) is 0. The highest BCUT2D eigenvalue weighted by molar-refractivity contribution is 9.10. The molecule has 1 unspecified atom stereocenters. The van der Waals surface area contributed by atoms with Crippen molar-refractivity contribution in [3.8, 4) is 0 Å². The average Bonchev–Trinajstić information content (AvgIpc) is 3.13. The van der Waals surface area contributed by atoms with E-state index < -0.39 is 0 Å². The molecule has 1 heterocycles. The highest BCUT2D eigenvalue weighted by Gasteiger charge is 2.30. The monoisotopic (exact) mass is 299 g/mol. The van der Waals surface area contributed by atoms with Gasteiger partial charge in [0.05, 0.1) is 10.2 Å². The van der Waals surface area contributed by atoms with Crippen LogP contribution >= 0.6 is 15.9 Å². The second kappa shape index (κ2) is 5.31. The Morgan fingerprint density at radius 2 is 2.12 bits per heavy atom. The van der Waals surface area contributed by atoms with E-state index in [2.05, 4.69) is 32.8 Å². The molecule has 0 bridgehead atoms. The minimum absolute atomic E-state index is 0.0482. The van der Waals surface area contributed by atoms with E-state index in [4.69, 9.17) is 10.5 Å². The third-order valence-corrected chi connectivity index (χ3v) is 3.72. The van der Waals surface area contributed by atoms with Crippen molar-refractivity contribution in [2.75, 3.05) is 12.3 Å². The van der Waals surface area contributed by atoms with Gasteiger partial charge in [0, 0.05) is 12.5 Å². The van der Waals surface area contributed by atoms with Gasteiger partial charge in [-0.1, -0.05) is 6.92 Å². The Morgan fingerprint density at radius 3 is 2.65 bits per heavy atom. The number of halogens is 1. The van der Waals surface area contributed by atoms with Crippen molar-refractivity contribution in [2.24, 2.45) is 0 Å². The summed E-state index contributed by atoms with van der Waals surface area (Å²) in [7, 11) is 0. The summed E-state index contributed by atoms with van der Waals surface area (Å²) in [5.41, 5.74) is 6.97. The summed E-state index contributed by atoms with van der Waals surface area (Å²) < 4.78 is 6.49. The first-order valence-electron chi connectivity index (χ1n) is 6.11. The lowest BCUT2D eigenvalue weighted by Gasteiger charge is -2.16. The van der Waals surface area contributed by atoms with Crippen LogP contribution in [-0.4, -0.2) is 16.6 Å². The van der Waals surface area contributed by atoms with Gasteiger partial charge < -0.3 is 10.5 Å². The summed E-state index contributed by atoms with van der Waals surface area (Å²) in [6, 6.07) is 0. The molecule has 1 aromatic heterocycles. The van der Waals surface area contributed by atoms with Crippen molar-refractivity contribution < 1.29 is 4.74 Å². The molecule has 1 saturated carbocycles. The molecule has 1 aromatic rings. The van der Waals surface area contributed by atoms with Gasteiger partial charge in [0.25, 0.3) is 0 Å². The van der Waals surface area contributed by atoms with E-state index in [1.165, 1.54) is 12.8 Å². The van der Waals surface area contributed by atoms with E-state index in [0.29, 0.717) is 18.3 Å². The van der Waals surface area contributed by atoms with Gasteiger partial charge in [-0.25, -0.2) is 9.97 Å². The molecule has 2 N–H and O–H groups in total. The minimum Gasteiger partial charge on any atom is -0.383 e. The van der Waals surface area contributed by atoms with Crippen molar-refractivity contribution in [1.29, 1.82) is 0 Å². The summed E-state index contributed by atoms with van der Waals surface area (Å²) in [4.78, 5) is 8.95. The number of rotatable bonds is 5. The fraction of sp³-hybridized carbons (Fsp3) is 0.667. The van der Waals surface area contributed by atoms with Crippen molar-refractivity contribution in [1.82, 2.24) is 9.97 Å². The maximum Gasteiger partial charge on any atom is 0.159 e. The largest absolute Gasteiger partial charge is 0.383 e. The maximum absolute atomic E-state index is 5.92. The van der Waals surface area contributed by atoms with Crippen LogP contribution in [0.2, 0.25) is 0 Å². The molecule has 0 amide bonds. The van der Waals surface area contributed by atoms with E-state index in [9.17, 15) is 0 Å². The molecule has 1 fully saturated rings. The van der Waals surface area contributed by atoms with Crippen molar-refractivity contribution in [3.05, 3.63) is 16.0 Å². The predicted molar refractivity (Wildman–Crippen MR) is 70.8 cm³/mol. The van der Waals surface area contributed by atoms with Gasteiger partial charge in [-0.05, 0) is 42.1 Å². The molecule has 1 aliphatic carbocycles. The van der Waals surface area contributed by atoms with Crippen LogP contribution in [0.4, 0.5) is 5.82 Å². The van der Waals surface area contributed by atoms with Crippen LogP contribution in [0.3, 0.4) is 0 Å². The fourth-order valence-corrected chi connectivity index (χ4v) is 2.35. The molecule has 0 spiro atoms. The Hall–Kier alpha value is -0.680. The van der Waals surface area contributed by atoms with Crippen molar-refractivity contribution in [3.63, 3.8) is 0 Å². The number of nitrogens with two attached hydrogens (primary N) is 1. The third kappa shape index (κ3) is 2.77. The van der Waals surface area contributed by atoms with Gasteiger partial charge in [-0.2, -0.15) is 0 Å². The normalized spacial score (nSPS) is 17.1. The minimum atomic E-state index is -0.0482. The number of nitrogens with zero attached hydrogens (tertiary/aromatic N) is 2. The summed E-state index contributed by atoms with van der Waals surface area (Å²) in [6.45, 7) is 4.71. The molecule has 2 rings (SSSR count). The van der Waals surface area contributed by atoms with E-state index in [-0.39, 0.29) is 6.10 Å². The Bertz CT molecular complexity index is 407. The Labute approximate surface area is 110 Å². The molecule has 94 valence electrons. The summed E-state index contributed by atoms with van der Waals surface area (Å²) in [6.07, 6.45) is 3.20. The molecule has 17 heavy (non-hydrogen) atoms. The lowest BCUT2D eigenvalue weighted by atomic mass is 10.2. The SMILES string of the molecule is CCOC(CC)c1nc(N)c(Br)c(C2CC2)n1. The Balaban J connectivity index is 2.33. The molecule has 0 saturated heterocycles. The average molecular weight is 300 g/mol. The summed E-state index contributed by atoms with van der Waals surface area (Å²) in [5.74, 6) is 1.79. The van der Waals surface area contributed by atoms with Gasteiger partial charge in [0.15, 0.2) is 5.82 Å². The molecule has 0 aliphatic heterocycles.